The number of phenols is 1. The summed E-state index contributed by atoms with van der Waals surface area (Å²) < 4.78 is 23.0. The summed E-state index contributed by atoms with van der Waals surface area (Å²) in [6.45, 7) is -0.000166. The minimum atomic E-state index is -0.545. The first-order valence-corrected chi connectivity index (χ1v) is 6.55. The average Bonchev–Trinajstić information content (AvgIpc) is 2.52. The number of hydrogen-bond donors (Lipinski definition) is 1. The van der Waals surface area contributed by atoms with E-state index in [1.54, 1.807) is 24.3 Å². The highest BCUT2D eigenvalue weighted by Crippen LogP contribution is 2.26. The Morgan fingerprint density at radius 3 is 2.82 bits per heavy atom. The predicted octanol–water partition coefficient (Wildman–Crippen LogP) is 3.30. The van der Waals surface area contributed by atoms with Crippen molar-refractivity contribution in [3.8, 4) is 11.5 Å². The smallest absolute Gasteiger partial charge is 0.331 e. The standard InChI is InChI=1S/C17H15FO4/c1-21-16-10-12(5-7-15(16)19)6-8-17(20)22-11-13-3-2-4-14(18)9-13/h2-10,19H,11H2,1H3/b8-6+. The van der Waals surface area contributed by atoms with Crippen LogP contribution in [-0.2, 0) is 16.1 Å². The lowest BCUT2D eigenvalue weighted by Gasteiger charge is -2.04. The Hall–Kier alpha value is -2.82. The van der Waals surface area contributed by atoms with Gasteiger partial charge in [-0.05, 0) is 41.5 Å². The van der Waals surface area contributed by atoms with Crippen molar-refractivity contribution in [2.45, 2.75) is 6.61 Å². The molecule has 0 heterocycles. The van der Waals surface area contributed by atoms with Crippen molar-refractivity contribution in [1.82, 2.24) is 0 Å². The molecule has 0 atom stereocenters. The van der Waals surface area contributed by atoms with E-state index < -0.39 is 5.97 Å². The molecule has 0 amide bonds. The fraction of sp³-hybridized carbons (Fsp3) is 0.118. The van der Waals surface area contributed by atoms with Gasteiger partial charge in [-0.15, -0.1) is 0 Å². The molecule has 1 N–H and O–H groups in total. The van der Waals surface area contributed by atoms with Crippen LogP contribution in [0, 0.1) is 5.82 Å². The molecule has 0 saturated heterocycles. The van der Waals surface area contributed by atoms with Gasteiger partial charge in [-0.25, -0.2) is 9.18 Å². The van der Waals surface area contributed by atoms with Crippen molar-refractivity contribution in [2.24, 2.45) is 0 Å². The maximum Gasteiger partial charge on any atom is 0.331 e. The monoisotopic (exact) mass is 302 g/mol. The van der Waals surface area contributed by atoms with Crippen LogP contribution in [0.1, 0.15) is 11.1 Å². The van der Waals surface area contributed by atoms with Gasteiger partial charge in [0.2, 0.25) is 0 Å². The van der Waals surface area contributed by atoms with Crippen LogP contribution in [0.25, 0.3) is 6.08 Å². The summed E-state index contributed by atoms with van der Waals surface area (Å²) in [5, 5.41) is 9.47. The van der Waals surface area contributed by atoms with E-state index in [-0.39, 0.29) is 18.2 Å². The number of methoxy groups -OCH3 is 1. The Morgan fingerprint density at radius 2 is 2.09 bits per heavy atom. The second kappa shape index (κ2) is 7.26. The van der Waals surface area contributed by atoms with Crippen molar-refractivity contribution in [1.29, 1.82) is 0 Å². The topological polar surface area (TPSA) is 55.8 Å². The molecule has 114 valence electrons. The van der Waals surface area contributed by atoms with E-state index in [4.69, 9.17) is 9.47 Å². The molecule has 0 aromatic heterocycles. The van der Waals surface area contributed by atoms with E-state index in [1.807, 2.05) is 0 Å². The van der Waals surface area contributed by atoms with Crippen molar-refractivity contribution in [3.63, 3.8) is 0 Å². The number of halogens is 1. The van der Waals surface area contributed by atoms with Crippen molar-refractivity contribution < 1.29 is 23.8 Å². The molecule has 2 rings (SSSR count). The Kier molecular flexibility index (Phi) is 5.14. The van der Waals surface area contributed by atoms with Crippen LogP contribution in [0.4, 0.5) is 4.39 Å². The molecular formula is C17H15FO4. The SMILES string of the molecule is COc1cc(/C=C/C(=O)OCc2cccc(F)c2)ccc1O. The molecule has 0 unspecified atom stereocenters. The third-order valence-corrected chi connectivity index (χ3v) is 2.89. The lowest BCUT2D eigenvalue weighted by atomic mass is 10.2. The van der Waals surface area contributed by atoms with E-state index in [0.717, 1.165) is 0 Å². The number of esters is 1. The number of hydrogen-bond acceptors (Lipinski definition) is 4. The summed E-state index contributed by atoms with van der Waals surface area (Å²) in [6, 6.07) is 10.5. The molecule has 0 fully saturated rings. The second-order valence-corrected chi connectivity index (χ2v) is 4.50. The van der Waals surface area contributed by atoms with E-state index >= 15 is 0 Å². The molecule has 2 aromatic rings. The number of phenolic OH excluding ortho intramolecular Hbond substituents is 1. The van der Waals surface area contributed by atoms with Gasteiger partial charge in [-0.1, -0.05) is 18.2 Å². The van der Waals surface area contributed by atoms with Gasteiger partial charge in [0.1, 0.15) is 12.4 Å². The third-order valence-electron chi connectivity index (χ3n) is 2.89. The number of carbonyl (C=O) groups is 1. The number of aromatic hydroxyl groups is 1. The molecule has 22 heavy (non-hydrogen) atoms. The fourth-order valence-electron chi connectivity index (χ4n) is 1.79. The van der Waals surface area contributed by atoms with Crippen molar-refractivity contribution in [2.75, 3.05) is 7.11 Å². The van der Waals surface area contributed by atoms with E-state index in [1.165, 1.54) is 37.5 Å². The van der Waals surface area contributed by atoms with Crippen LogP contribution >= 0.6 is 0 Å². The summed E-state index contributed by atoms with van der Waals surface area (Å²) in [6.07, 6.45) is 2.79. The van der Waals surface area contributed by atoms with Gasteiger partial charge in [0.15, 0.2) is 11.5 Å². The second-order valence-electron chi connectivity index (χ2n) is 4.50. The molecule has 0 spiro atoms. The Labute approximate surface area is 127 Å². The largest absolute Gasteiger partial charge is 0.504 e. The molecule has 0 saturated carbocycles. The normalized spacial score (nSPS) is 10.6. The molecule has 0 aliphatic carbocycles. The maximum absolute atomic E-state index is 13.0. The maximum atomic E-state index is 13.0. The Morgan fingerprint density at radius 1 is 1.27 bits per heavy atom. The highest BCUT2D eigenvalue weighted by molar-refractivity contribution is 5.87. The van der Waals surface area contributed by atoms with E-state index in [0.29, 0.717) is 16.9 Å². The van der Waals surface area contributed by atoms with Gasteiger partial charge < -0.3 is 14.6 Å². The van der Waals surface area contributed by atoms with E-state index in [2.05, 4.69) is 0 Å². The zero-order valence-corrected chi connectivity index (χ0v) is 12.0. The van der Waals surface area contributed by atoms with Gasteiger partial charge in [0, 0.05) is 6.08 Å². The number of rotatable bonds is 5. The minimum absolute atomic E-state index is 0.000166. The summed E-state index contributed by atoms with van der Waals surface area (Å²) in [5.41, 5.74) is 1.26. The summed E-state index contributed by atoms with van der Waals surface area (Å²) in [4.78, 5) is 11.6. The number of benzene rings is 2. The summed E-state index contributed by atoms with van der Waals surface area (Å²) in [7, 11) is 1.44. The first-order valence-electron chi connectivity index (χ1n) is 6.55. The van der Waals surface area contributed by atoms with Crippen LogP contribution in [0.2, 0.25) is 0 Å². The van der Waals surface area contributed by atoms with Crippen LogP contribution in [-0.4, -0.2) is 18.2 Å². The average molecular weight is 302 g/mol. The van der Waals surface area contributed by atoms with Gasteiger partial charge in [-0.2, -0.15) is 0 Å². The van der Waals surface area contributed by atoms with Crippen molar-refractivity contribution >= 4 is 12.0 Å². The summed E-state index contributed by atoms with van der Waals surface area (Å²) >= 11 is 0. The van der Waals surface area contributed by atoms with Crippen molar-refractivity contribution in [3.05, 3.63) is 65.5 Å². The molecule has 5 heteroatoms. The molecule has 0 bridgehead atoms. The zero-order valence-electron chi connectivity index (χ0n) is 12.0. The molecule has 0 aliphatic rings. The quantitative estimate of drug-likeness (QED) is 0.680. The van der Waals surface area contributed by atoms with Gasteiger partial charge in [-0.3, -0.25) is 0 Å². The molecule has 0 radical (unpaired) electrons. The van der Waals surface area contributed by atoms with Crippen LogP contribution in [0.15, 0.2) is 48.5 Å². The van der Waals surface area contributed by atoms with Crippen LogP contribution in [0.5, 0.6) is 11.5 Å². The fourth-order valence-corrected chi connectivity index (χ4v) is 1.79. The molecule has 0 aliphatic heterocycles. The first kappa shape index (κ1) is 15.6. The Balaban J connectivity index is 1.94. The zero-order chi connectivity index (χ0) is 15.9. The molecular weight excluding hydrogens is 287 g/mol. The number of ether oxygens (including phenoxy) is 2. The van der Waals surface area contributed by atoms with Gasteiger partial charge >= 0.3 is 5.97 Å². The lowest BCUT2D eigenvalue weighted by Crippen LogP contribution is -2.00. The molecule has 4 nitrogen and oxygen atoms in total. The van der Waals surface area contributed by atoms with Crippen LogP contribution < -0.4 is 4.74 Å². The minimum Gasteiger partial charge on any atom is -0.504 e. The molecule has 2 aromatic carbocycles. The lowest BCUT2D eigenvalue weighted by molar-refractivity contribution is -0.138. The van der Waals surface area contributed by atoms with Gasteiger partial charge in [0.05, 0.1) is 7.11 Å². The number of carbonyl (C=O) groups excluding carboxylic acids is 1. The first-order chi connectivity index (χ1) is 10.6. The predicted molar refractivity (Wildman–Crippen MR) is 79.9 cm³/mol. The van der Waals surface area contributed by atoms with Gasteiger partial charge in [0.25, 0.3) is 0 Å². The highest BCUT2D eigenvalue weighted by atomic mass is 19.1. The Bertz CT molecular complexity index is 695. The van der Waals surface area contributed by atoms with E-state index in [9.17, 15) is 14.3 Å². The third kappa shape index (κ3) is 4.34. The van der Waals surface area contributed by atoms with Crippen LogP contribution in [0.3, 0.4) is 0 Å². The summed E-state index contributed by atoms with van der Waals surface area (Å²) in [5.74, 6) is -0.583. The highest BCUT2D eigenvalue weighted by Gasteiger charge is 2.03.